The zero-order valence-corrected chi connectivity index (χ0v) is 17.6. The average Bonchev–Trinajstić information content (AvgIpc) is 3.18. The first-order chi connectivity index (χ1) is 14.5. The summed E-state index contributed by atoms with van der Waals surface area (Å²) in [5.41, 5.74) is 1.46. The lowest BCUT2D eigenvalue weighted by Crippen LogP contribution is -2.13. The number of rotatable bonds is 2. The first-order valence-electron chi connectivity index (χ1n) is 9.81. The van der Waals surface area contributed by atoms with Gasteiger partial charge >= 0.3 is 0 Å². The highest BCUT2D eigenvalue weighted by molar-refractivity contribution is 7.17. The Kier molecular flexibility index (Phi) is 4.67. The van der Waals surface area contributed by atoms with Crippen LogP contribution in [0.2, 0.25) is 0 Å². The van der Waals surface area contributed by atoms with Crippen LogP contribution < -0.4 is 4.74 Å². The van der Waals surface area contributed by atoms with Crippen molar-refractivity contribution in [3.8, 4) is 10.1 Å². The second-order valence-electron chi connectivity index (χ2n) is 7.61. The van der Waals surface area contributed by atoms with Crippen LogP contribution >= 0.6 is 11.3 Å². The monoisotopic (exact) mass is 430 g/mol. The van der Waals surface area contributed by atoms with Crippen molar-refractivity contribution in [1.29, 1.82) is 0 Å². The first-order valence-corrected chi connectivity index (χ1v) is 10.6. The third-order valence-corrected chi connectivity index (χ3v) is 6.35. The van der Waals surface area contributed by atoms with Crippen molar-refractivity contribution in [2.45, 2.75) is 39.3 Å². The normalized spacial score (nSPS) is 18.1. The Hall–Kier alpha value is -2.65. The van der Waals surface area contributed by atoms with E-state index in [0.29, 0.717) is 29.7 Å². The van der Waals surface area contributed by atoms with Gasteiger partial charge in [0.05, 0.1) is 24.5 Å². The van der Waals surface area contributed by atoms with E-state index in [0.717, 1.165) is 16.4 Å². The van der Waals surface area contributed by atoms with Gasteiger partial charge in [-0.1, -0.05) is 31.3 Å². The van der Waals surface area contributed by atoms with E-state index >= 15 is 0 Å². The summed E-state index contributed by atoms with van der Waals surface area (Å²) >= 11 is 1.41. The Bertz CT molecular complexity index is 1150. The van der Waals surface area contributed by atoms with Gasteiger partial charge in [0.2, 0.25) is 0 Å². The smallest absolute Gasteiger partial charge is 0.182 e. The number of aliphatic imine (C=N–C) groups is 1. The second kappa shape index (κ2) is 7.24. The molecule has 9 heteroatoms. The molecule has 0 radical (unpaired) electrons. The van der Waals surface area contributed by atoms with Gasteiger partial charge < -0.3 is 9.47 Å². The maximum absolute atomic E-state index is 14.9. The molecule has 6 nitrogen and oxygen atoms in total. The summed E-state index contributed by atoms with van der Waals surface area (Å²) in [4.78, 5) is 4.74. The molecule has 0 spiro atoms. The summed E-state index contributed by atoms with van der Waals surface area (Å²) in [6.45, 7) is 7.05. The number of nitrogens with zero attached hydrogens (tertiary/aromatic N) is 4. The maximum Gasteiger partial charge on any atom is 0.182 e. The van der Waals surface area contributed by atoms with Gasteiger partial charge in [0.25, 0.3) is 0 Å². The van der Waals surface area contributed by atoms with Crippen molar-refractivity contribution < 1.29 is 18.3 Å². The molecule has 0 bridgehead atoms. The Labute approximate surface area is 176 Å². The van der Waals surface area contributed by atoms with Crippen LogP contribution in [0.25, 0.3) is 5.00 Å². The fourth-order valence-corrected chi connectivity index (χ4v) is 5.04. The number of hydrogen-bond acceptors (Lipinski definition) is 6. The molecule has 0 amide bonds. The van der Waals surface area contributed by atoms with E-state index in [4.69, 9.17) is 14.5 Å². The Morgan fingerprint density at radius 3 is 2.63 bits per heavy atom. The summed E-state index contributed by atoms with van der Waals surface area (Å²) in [7, 11) is 0. The van der Waals surface area contributed by atoms with Gasteiger partial charge in [-0.2, -0.15) is 0 Å². The van der Waals surface area contributed by atoms with E-state index in [1.165, 1.54) is 29.5 Å². The molecular weight excluding hydrogens is 410 g/mol. The molecule has 0 fully saturated rings. The van der Waals surface area contributed by atoms with Gasteiger partial charge in [0.1, 0.15) is 35.1 Å². The third-order valence-electron chi connectivity index (χ3n) is 5.22. The molecule has 0 aliphatic carbocycles. The highest BCUT2D eigenvalue weighted by atomic mass is 32.1. The first kappa shape index (κ1) is 19.3. The fourth-order valence-electron chi connectivity index (χ4n) is 3.84. The predicted octanol–water partition coefficient (Wildman–Crippen LogP) is 4.55. The van der Waals surface area contributed by atoms with Crippen LogP contribution in [0.1, 0.15) is 61.1 Å². The van der Waals surface area contributed by atoms with E-state index in [9.17, 15) is 8.78 Å². The number of aromatic nitrogens is 3. The molecule has 2 aromatic heterocycles. The van der Waals surface area contributed by atoms with E-state index < -0.39 is 17.7 Å². The van der Waals surface area contributed by atoms with Crippen LogP contribution in [0.3, 0.4) is 0 Å². The van der Waals surface area contributed by atoms with Crippen LogP contribution in [-0.2, 0) is 11.3 Å². The van der Waals surface area contributed by atoms with Gasteiger partial charge in [-0.3, -0.25) is 9.56 Å². The lowest BCUT2D eigenvalue weighted by molar-refractivity contribution is 0.107. The molecular formula is C21H20F2N4O2S. The average molecular weight is 430 g/mol. The predicted molar refractivity (Wildman–Crippen MR) is 109 cm³/mol. The Morgan fingerprint density at radius 1 is 1.13 bits per heavy atom. The standard InChI is InChI=1S/C21H20F2N4O2S/c1-10(2)18-25-26-19-11(3)24-17(16-13(22)5-4-6-14(16)23)15-12-9-28-7-8-29-21(12)30-20(15)27(18)19/h4-6,10-11H,7-9H2,1-3H3/t11-/m0/s1. The lowest BCUT2D eigenvalue weighted by Gasteiger charge is -2.13. The minimum absolute atomic E-state index is 0.0946. The summed E-state index contributed by atoms with van der Waals surface area (Å²) in [6, 6.07) is 3.39. The van der Waals surface area contributed by atoms with E-state index in [1.807, 2.05) is 25.3 Å². The molecule has 3 aromatic rings. The Balaban J connectivity index is 1.86. The molecule has 30 heavy (non-hydrogen) atoms. The van der Waals surface area contributed by atoms with E-state index in [2.05, 4.69) is 10.2 Å². The number of ether oxygens (including phenoxy) is 2. The van der Waals surface area contributed by atoms with Crippen LogP contribution in [0.5, 0.6) is 5.06 Å². The molecule has 1 atom stereocenters. The van der Waals surface area contributed by atoms with Gasteiger partial charge in [-0.05, 0) is 19.1 Å². The number of hydrogen-bond donors (Lipinski definition) is 0. The van der Waals surface area contributed by atoms with Gasteiger partial charge in [-0.15, -0.1) is 10.2 Å². The number of benzene rings is 1. The fraction of sp³-hybridized carbons (Fsp3) is 0.381. The SMILES string of the molecule is CC(C)c1nnc2n1-c1sc3c(c1C(c1c(F)cccc1F)=N[C@H]2C)COCCO3. The molecule has 156 valence electrons. The molecule has 5 rings (SSSR count). The summed E-state index contributed by atoms with van der Waals surface area (Å²) in [5, 5.41) is 10.2. The van der Waals surface area contributed by atoms with Crippen molar-refractivity contribution in [1.82, 2.24) is 14.8 Å². The minimum Gasteiger partial charge on any atom is -0.481 e. The van der Waals surface area contributed by atoms with Crippen molar-refractivity contribution >= 4 is 17.0 Å². The summed E-state index contributed by atoms with van der Waals surface area (Å²) in [6.07, 6.45) is 0. The van der Waals surface area contributed by atoms with Crippen molar-refractivity contribution in [3.05, 3.63) is 58.2 Å². The number of halogens is 2. The molecule has 0 unspecified atom stereocenters. The minimum atomic E-state index is -0.663. The lowest BCUT2D eigenvalue weighted by atomic mass is 9.99. The highest BCUT2D eigenvalue weighted by Gasteiger charge is 2.35. The summed E-state index contributed by atoms with van der Waals surface area (Å²) in [5.74, 6) is 0.162. The largest absolute Gasteiger partial charge is 0.481 e. The molecule has 0 N–H and O–H groups in total. The van der Waals surface area contributed by atoms with Crippen molar-refractivity contribution in [2.75, 3.05) is 13.2 Å². The highest BCUT2D eigenvalue weighted by Crippen LogP contribution is 2.45. The molecule has 4 heterocycles. The van der Waals surface area contributed by atoms with Gasteiger partial charge in [-0.25, -0.2) is 8.78 Å². The van der Waals surface area contributed by atoms with Crippen LogP contribution in [0, 0.1) is 11.6 Å². The maximum atomic E-state index is 14.9. The Morgan fingerprint density at radius 2 is 1.90 bits per heavy atom. The van der Waals surface area contributed by atoms with Crippen LogP contribution in [0.4, 0.5) is 8.78 Å². The second-order valence-corrected chi connectivity index (χ2v) is 8.57. The van der Waals surface area contributed by atoms with E-state index in [1.54, 1.807) is 0 Å². The molecule has 0 saturated carbocycles. The molecule has 2 aliphatic heterocycles. The molecule has 0 saturated heterocycles. The van der Waals surface area contributed by atoms with Crippen LogP contribution in [0.15, 0.2) is 23.2 Å². The van der Waals surface area contributed by atoms with Gasteiger partial charge in [0.15, 0.2) is 10.9 Å². The topological polar surface area (TPSA) is 61.5 Å². The summed E-state index contributed by atoms with van der Waals surface area (Å²) < 4.78 is 43.3. The van der Waals surface area contributed by atoms with E-state index in [-0.39, 0.29) is 23.8 Å². The van der Waals surface area contributed by atoms with Crippen LogP contribution in [-0.4, -0.2) is 33.7 Å². The number of thiophene rings is 1. The zero-order valence-electron chi connectivity index (χ0n) is 16.8. The van der Waals surface area contributed by atoms with Crippen molar-refractivity contribution in [2.24, 2.45) is 4.99 Å². The number of fused-ring (bicyclic) bond motifs is 5. The molecule has 1 aromatic carbocycles. The zero-order chi connectivity index (χ0) is 21.0. The third kappa shape index (κ3) is 2.87. The molecule has 2 aliphatic rings. The quantitative estimate of drug-likeness (QED) is 0.598. The van der Waals surface area contributed by atoms with Gasteiger partial charge in [0, 0.05) is 17.0 Å². The van der Waals surface area contributed by atoms with Crippen molar-refractivity contribution in [3.63, 3.8) is 0 Å².